The van der Waals surface area contributed by atoms with Crippen molar-refractivity contribution in [2.24, 2.45) is 0 Å². The fraction of sp³-hybridized carbons (Fsp3) is 0.375. The first-order chi connectivity index (χ1) is 16.5. The van der Waals surface area contributed by atoms with Crippen LogP contribution in [0.2, 0.25) is 0 Å². The van der Waals surface area contributed by atoms with Crippen LogP contribution in [0.3, 0.4) is 0 Å². The summed E-state index contributed by atoms with van der Waals surface area (Å²) < 4.78 is 32.9. The largest absolute Gasteiger partial charge is 0.493 e. The SMILES string of the molecule is COc1cc(-c2nnc(SC(C)C(=O)N3CCCC3)n2-c2ccccc2F)cc(OC)c1OC. The van der Waals surface area contributed by atoms with E-state index in [1.807, 2.05) is 11.8 Å². The van der Waals surface area contributed by atoms with Crippen molar-refractivity contribution in [3.63, 3.8) is 0 Å². The van der Waals surface area contributed by atoms with Gasteiger partial charge in [0.05, 0.1) is 32.3 Å². The molecule has 10 heteroatoms. The average molecular weight is 487 g/mol. The number of rotatable bonds is 8. The van der Waals surface area contributed by atoms with Crippen molar-refractivity contribution in [2.45, 2.75) is 30.2 Å². The van der Waals surface area contributed by atoms with Gasteiger partial charge in [-0.3, -0.25) is 9.36 Å². The maximum Gasteiger partial charge on any atom is 0.235 e. The molecule has 0 saturated carbocycles. The standard InChI is InChI=1S/C24H27FN4O4S/c1-15(23(30)28-11-7-8-12-28)34-24-27-26-22(29(24)18-10-6-5-9-17(18)25)16-13-19(31-2)21(33-4)20(14-16)32-3/h5-6,9-10,13-15H,7-8,11-12H2,1-4H3. The third kappa shape index (κ3) is 4.54. The molecule has 1 aliphatic rings. The van der Waals surface area contributed by atoms with Crippen LogP contribution in [-0.4, -0.2) is 65.2 Å². The second kappa shape index (κ2) is 10.3. The zero-order chi connectivity index (χ0) is 24.2. The topological polar surface area (TPSA) is 78.7 Å². The number of hydrogen-bond acceptors (Lipinski definition) is 7. The number of amides is 1. The number of ether oxygens (including phenoxy) is 3. The van der Waals surface area contributed by atoms with Crippen LogP contribution in [0.1, 0.15) is 19.8 Å². The Morgan fingerprint density at radius 2 is 1.68 bits per heavy atom. The van der Waals surface area contributed by atoms with Crippen molar-refractivity contribution in [3.8, 4) is 34.3 Å². The number of nitrogens with zero attached hydrogens (tertiary/aromatic N) is 4. The Balaban J connectivity index is 1.81. The molecule has 1 atom stereocenters. The number of carbonyl (C=O) groups is 1. The Labute approximate surface area is 202 Å². The third-order valence-electron chi connectivity index (χ3n) is 5.70. The summed E-state index contributed by atoms with van der Waals surface area (Å²) in [6.07, 6.45) is 2.03. The predicted molar refractivity (Wildman–Crippen MR) is 128 cm³/mol. The Morgan fingerprint density at radius 3 is 2.26 bits per heavy atom. The summed E-state index contributed by atoms with van der Waals surface area (Å²) >= 11 is 1.26. The number of likely N-dealkylation sites (tertiary alicyclic amines) is 1. The van der Waals surface area contributed by atoms with Gasteiger partial charge in [0.25, 0.3) is 0 Å². The van der Waals surface area contributed by atoms with Gasteiger partial charge in [-0.05, 0) is 44.0 Å². The van der Waals surface area contributed by atoms with E-state index < -0.39 is 11.1 Å². The molecule has 2 heterocycles. The second-order valence-electron chi connectivity index (χ2n) is 7.80. The molecule has 3 aromatic rings. The number of hydrogen-bond donors (Lipinski definition) is 0. The summed E-state index contributed by atoms with van der Waals surface area (Å²) in [7, 11) is 4.57. The molecule has 1 amide bonds. The van der Waals surface area contributed by atoms with Gasteiger partial charge in [0.2, 0.25) is 11.7 Å². The molecule has 1 saturated heterocycles. The maximum absolute atomic E-state index is 14.9. The highest BCUT2D eigenvalue weighted by Crippen LogP contribution is 2.42. The van der Waals surface area contributed by atoms with Crippen molar-refractivity contribution in [1.29, 1.82) is 0 Å². The van der Waals surface area contributed by atoms with Crippen LogP contribution >= 0.6 is 11.8 Å². The van der Waals surface area contributed by atoms with E-state index in [0.29, 0.717) is 33.8 Å². The number of methoxy groups -OCH3 is 3. The normalized spacial score (nSPS) is 14.2. The van der Waals surface area contributed by atoms with E-state index >= 15 is 0 Å². The molecule has 4 rings (SSSR count). The van der Waals surface area contributed by atoms with E-state index in [-0.39, 0.29) is 11.6 Å². The lowest BCUT2D eigenvalue weighted by Gasteiger charge is -2.20. The molecule has 1 fully saturated rings. The lowest BCUT2D eigenvalue weighted by atomic mass is 10.1. The molecule has 180 valence electrons. The van der Waals surface area contributed by atoms with Crippen LogP contribution in [0.25, 0.3) is 17.1 Å². The zero-order valence-electron chi connectivity index (χ0n) is 19.6. The van der Waals surface area contributed by atoms with Gasteiger partial charge in [-0.2, -0.15) is 0 Å². The fourth-order valence-corrected chi connectivity index (χ4v) is 4.94. The van der Waals surface area contributed by atoms with Gasteiger partial charge in [-0.1, -0.05) is 23.9 Å². The quantitative estimate of drug-likeness (QED) is 0.442. The Bertz CT molecular complexity index is 1150. The van der Waals surface area contributed by atoms with E-state index in [9.17, 15) is 9.18 Å². The van der Waals surface area contributed by atoms with Crippen molar-refractivity contribution >= 4 is 17.7 Å². The van der Waals surface area contributed by atoms with Gasteiger partial charge in [0.15, 0.2) is 22.5 Å². The van der Waals surface area contributed by atoms with E-state index in [4.69, 9.17) is 14.2 Å². The van der Waals surface area contributed by atoms with Crippen LogP contribution < -0.4 is 14.2 Å². The first kappa shape index (κ1) is 23.9. The molecule has 2 aromatic carbocycles. The van der Waals surface area contributed by atoms with Crippen molar-refractivity contribution in [1.82, 2.24) is 19.7 Å². The first-order valence-corrected chi connectivity index (χ1v) is 11.8. The average Bonchev–Trinajstić information content (AvgIpc) is 3.53. The molecule has 0 spiro atoms. The number of carbonyl (C=O) groups excluding carboxylic acids is 1. The Hall–Kier alpha value is -3.27. The zero-order valence-corrected chi connectivity index (χ0v) is 20.4. The summed E-state index contributed by atoms with van der Waals surface area (Å²) in [4.78, 5) is 14.8. The lowest BCUT2D eigenvalue weighted by Crippen LogP contribution is -2.34. The van der Waals surface area contributed by atoms with Gasteiger partial charge < -0.3 is 19.1 Å². The molecule has 0 bridgehead atoms. The van der Waals surface area contributed by atoms with Crippen LogP contribution in [0.4, 0.5) is 4.39 Å². The fourth-order valence-electron chi connectivity index (χ4n) is 4.00. The van der Waals surface area contributed by atoms with Crippen LogP contribution in [0.5, 0.6) is 17.2 Å². The third-order valence-corrected chi connectivity index (χ3v) is 6.73. The van der Waals surface area contributed by atoms with Crippen LogP contribution in [0, 0.1) is 5.82 Å². The van der Waals surface area contributed by atoms with Gasteiger partial charge in [-0.25, -0.2) is 4.39 Å². The highest BCUT2D eigenvalue weighted by molar-refractivity contribution is 8.00. The van der Waals surface area contributed by atoms with E-state index in [0.717, 1.165) is 25.9 Å². The highest BCUT2D eigenvalue weighted by Gasteiger charge is 2.28. The summed E-state index contributed by atoms with van der Waals surface area (Å²) in [5.41, 5.74) is 0.871. The number of aromatic nitrogens is 3. The van der Waals surface area contributed by atoms with Gasteiger partial charge in [-0.15, -0.1) is 10.2 Å². The molecule has 0 N–H and O–H groups in total. The van der Waals surface area contributed by atoms with E-state index in [1.54, 1.807) is 34.9 Å². The van der Waals surface area contributed by atoms with Crippen molar-refractivity contribution in [3.05, 3.63) is 42.2 Å². The number of benzene rings is 2. The summed E-state index contributed by atoms with van der Waals surface area (Å²) in [5.74, 6) is 1.30. The second-order valence-corrected chi connectivity index (χ2v) is 9.11. The minimum Gasteiger partial charge on any atom is -0.493 e. The smallest absolute Gasteiger partial charge is 0.235 e. The molecule has 8 nitrogen and oxygen atoms in total. The summed E-state index contributed by atoms with van der Waals surface area (Å²) in [6, 6.07) is 9.85. The molecule has 1 unspecified atom stereocenters. The highest BCUT2D eigenvalue weighted by atomic mass is 32.2. The number of para-hydroxylation sites is 1. The molecule has 0 aliphatic carbocycles. The van der Waals surface area contributed by atoms with E-state index in [1.165, 1.54) is 39.2 Å². The Morgan fingerprint density at radius 1 is 1.03 bits per heavy atom. The predicted octanol–water partition coefficient (Wildman–Crippen LogP) is 4.20. The number of thioether (sulfide) groups is 1. The molecular weight excluding hydrogens is 459 g/mol. The minimum absolute atomic E-state index is 0.0416. The van der Waals surface area contributed by atoms with Crippen molar-refractivity contribution in [2.75, 3.05) is 34.4 Å². The minimum atomic E-state index is -0.434. The molecule has 0 radical (unpaired) electrons. The van der Waals surface area contributed by atoms with Crippen LogP contribution in [-0.2, 0) is 4.79 Å². The molecule has 1 aromatic heterocycles. The van der Waals surface area contributed by atoms with Gasteiger partial charge >= 0.3 is 0 Å². The van der Waals surface area contributed by atoms with Crippen LogP contribution in [0.15, 0.2) is 41.6 Å². The van der Waals surface area contributed by atoms with Crippen molar-refractivity contribution < 1.29 is 23.4 Å². The van der Waals surface area contributed by atoms with Gasteiger partial charge in [0, 0.05) is 18.7 Å². The maximum atomic E-state index is 14.9. The molecule has 1 aliphatic heterocycles. The molecular formula is C24H27FN4O4S. The summed E-state index contributed by atoms with van der Waals surface area (Å²) in [5, 5.41) is 8.72. The van der Waals surface area contributed by atoms with Gasteiger partial charge in [0.1, 0.15) is 5.82 Å². The van der Waals surface area contributed by atoms with E-state index in [2.05, 4.69) is 10.2 Å². The Kier molecular flexibility index (Phi) is 7.26. The number of halogens is 1. The molecule has 34 heavy (non-hydrogen) atoms. The lowest BCUT2D eigenvalue weighted by molar-refractivity contribution is -0.129. The monoisotopic (exact) mass is 486 g/mol. The summed E-state index contributed by atoms with van der Waals surface area (Å²) in [6.45, 7) is 3.37. The first-order valence-electron chi connectivity index (χ1n) is 10.9.